The van der Waals surface area contributed by atoms with Crippen LogP contribution in [-0.2, 0) is 11.2 Å². The zero-order valence-electron chi connectivity index (χ0n) is 18.4. The lowest BCUT2D eigenvalue weighted by molar-refractivity contribution is -0.118. The number of nitrogens with zero attached hydrogens (tertiary/aromatic N) is 1. The number of fused-ring (bicyclic) bond motifs is 1. The van der Waals surface area contributed by atoms with E-state index in [0.717, 1.165) is 34.4 Å². The van der Waals surface area contributed by atoms with Crippen molar-refractivity contribution in [2.24, 2.45) is 5.92 Å². The number of rotatable bonds is 6. The number of hydrogen-bond acceptors (Lipinski definition) is 3. The molecular formula is C26H26ClFN2O2. The number of halogens is 2. The Labute approximate surface area is 192 Å². The molecule has 2 unspecified atom stereocenters. The molecule has 6 heteroatoms. The molecule has 0 bridgehead atoms. The number of carbonyl (C=O) groups excluding carboxylic acids is 1. The van der Waals surface area contributed by atoms with Crippen LogP contribution in [0.1, 0.15) is 49.8 Å². The summed E-state index contributed by atoms with van der Waals surface area (Å²) in [6, 6.07) is 11.3. The summed E-state index contributed by atoms with van der Waals surface area (Å²) in [5, 5.41) is 6.77. The molecule has 1 aromatic heterocycles. The molecule has 32 heavy (non-hydrogen) atoms. The van der Waals surface area contributed by atoms with Gasteiger partial charge in [-0.3, -0.25) is 9.89 Å². The van der Waals surface area contributed by atoms with Gasteiger partial charge in [0.2, 0.25) is 5.95 Å². The lowest BCUT2D eigenvalue weighted by Crippen LogP contribution is -2.29. The molecule has 0 aliphatic carbocycles. The highest BCUT2D eigenvalue weighted by Crippen LogP contribution is 2.36. The number of ketones is 1. The molecule has 1 N–H and O–H groups in total. The maximum Gasteiger partial charge on any atom is 0.216 e. The number of hydrogen-bond donors (Lipinski definition) is 1. The van der Waals surface area contributed by atoms with Crippen molar-refractivity contribution in [1.82, 2.24) is 10.2 Å². The van der Waals surface area contributed by atoms with Gasteiger partial charge in [-0.05, 0) is 66.1 Å². The largest absolute Gasteiger partial charge is 0.493 e. The van der Waals surface area contributed by atoms with Gasteiger partial charge >= 0.3 is 0 Å². The second-order valence-corrected chi connectivity index (χ2v) is 8.68. The molecule has 166 valence electrons. The standard InChI is InChI=1S/C26H26ClFN2O2/c1-4-15(3)22-12-16(23-13-29-30-26(23)28)6-8-21(22)20(5-2)25(31)18-10-17-11-19(27)7-9-24(17)32-14-18/h5-9,11-13,15,18H,4,10,14H2,1-3H3,(H,29,30)/b20-5+. The summed E-state index contributed by atoms with van der Waals surface area (Å²) in [5.74, 6) is 0.275. The molecule has 4 nitrogen and oxygen atoms in total. The summed E-state index contributed by atoms with van der Waals surface area (Å²) in [7, 11) is 0. The molecule has 0 fully saturated rings. The fraction of sp³-hybridized carbons (Fsp3) is 0.308. The highest BCUT2D eigenvalue weighted by atomic mass is 35.5. The Hall–Kier alpha value is -2.92. The van der Waals surface area contributed by atoms with Crippen LogP contribution in [-0.4, -0.2) is 22.6 Å². The lowest BCUT2D eigenvalue weighted by Gasteiger charge is -2.26. The number of Topliss-reactive ketones (excluding diaryl/α,β-unsaturated/α-hetero) is 1. The summed E-state index contributed by atoms with van der Waals surface area (Å²) in [6.07, 6.45) is 4.83. The number of aromatic amines is 1. The summed E-state index contributed by atoms with van der Waals surface area (Å²) >= 11 is 6.14. The zero-order chi connectivity index (χ0) is 22.8. The van der Waals surface area contributed by atoms with Gasteiger partial charge in [-0.1, -0.05) is 49.7 Å². The van der Waals surface area contributed by atoms with E-state index < -0.39 is 5.95 Å². The number of ether oxygens (including phenoxy) is 1. The number of H-pyrrole nitrogens is 1. The van der Waals surface area contributed by atoms with E-state index in [1.165, 1.54) is 6.20 Å². The first-order valence-electron chi connectivity index (χ1n) is 10.9. The van der Waals surface area contributed by atoms with E-state index in [4.69, 9.17) is 16.3 Å². The van der Waals surface area contributed by atoms with E-state index in [0.29, 0.717) is 29.2 Å². The van der Waals surface area contributed by atoms with Gasteiger partial charge in [-0.15, -0.1) is 0 Å². The average Bonchev–Trinajstić information content (AvgIpc) is 3.24. The van der Waals surface area contributed by atoms with Crippen LogP contribution in [0.5, 0.6) is 5.75 Å². The first-order chi connectivity index (χ1) is 15.4. The Bertz CT molecular complexity index is 1180. The second-order valence-electron chi connectivity index (χ2n) is 8.24. The van der Waals surface area contributed by atoms with Crippen LogP contribution in [0.3, 0.4) is 0 Å². The van der Waals surface area contributed by atoms with Crippen molar-refractivity contribution in [3.05, 3.63) is 76.3 Å². The third-order valence-corrected chi connectivity index (χ3v) is 6.48. The van der Waals surface area contributed by atoms with Crippen LogP contribution in [0.4, 0.5) is 4.39 Å². The quantitative estimate of drug-likeness (QED) is 0.428. The number of nitrogens with one attached hydrogen (secondary N) is 1. The van der Waals surface area contributed by atoms with Gasteiger partial charge in [-0.2, -0.15) is 9.49 Å². The molecule has 1 aliphatic rings. The monoisotopic (exact) mass is 452 g/mol. The molecule has 2 heterocycles. The topological polar surface area (TPSA) is 55.0 Å². The summed E-state index contributed by atoms with van der Waals surface area (Å²) in [4.78, 5) is 13.6. The van der Waals surface area contributed by atoms with Crippen LogP contribution in [0.25, 0.3) is 16.7 Å². The van der Waals surface area contributed by atoms with Crippen molar-refractivity contribution in [2.75, 3.05) is 6.61 Å². The van der Waals surface area contributed by atoms with Crippen molar-refractivity contribution in [2.45, 2.75) is 39.5 Å². The fourth-order valence-corrected chi connectivity index (χ4v) is 4.45. The first-order valence-corrected chi connectivity index (χ1v) is 11.3. The molecule has 0 radical (unpaired) electrons. The van der Waals surface area contributed by atoms with E-state index in [1.807, 2.05) is 43.3 Å². The van der Waals surface area contributed by atoms with Gasteiger partial charge < -0.3 is 4.74 Å². The normalized spacial score (nSPS) is 16.9. The summed E-state index contributed by atoms with van der Waals surface area (Å²) < 4.78 is 20.0. The minimum Gasteiger partial charge on any atom is -0.493 e. The number of carbonyl (C=O) groups is 1. The predicted octanol–water partition coefficient (Wildman–Crippen LogP) is 6.61. The Morgan fingerprint density at radius 3 is 2.84 bits per heavy atom. The Morgan fingerprint density at radius 1 is 1.34 bits per heavy atom. The van der Waals surface area contributed by atoms with Gasteiger partial charge in [0.25, 0.3) is 0 Å². The van der Waals surface area contributed by atoms with Crippen LogP contribution in [0, 0.1) is 11.9 Å². The highest BCUT2D eigenvalue weighted by Gasteiger charge is 2.30. The number of benzene rings is 2. The van der Waals surface area contributed by atoms with Crippen molar-refractivity contribution in [1.29, 1.82) is 0 Å². The first kappa shape index (κ1) is 22.3. The van der Waals surface area contributed by atoms with E-state index in [9.17, 15) is 9.18 Å². The summed E-state index contributed by atoms with van der Waals surface area (Å²) in [6.45, 7) is 6.44. The molecule has 3 aromatic rings. The van der Waals surface area contributed by atoms with Gasteiger partial charge in [0.15, 0.2) is 5.78 Å². The van der Waals surface area contributed by atoms with Crippen molar-refractivity contribution in [3.8, 4) is 16.9 Å². The minimum absolute atomic E-state index is 0.0462. The molecule has 4 rings (SSSR count). The van der Waals surface area contributed by atoms with E-state index in [1.54, 1.807) is 6.07 Å². The third-order valence-electron chi connectivity index (χ3n) is 6.24. The maximum absolute atomic E-state index is 14.1. The van der Waals surface area contributed by atoms with Crippen LogP contribution in [0.2, 0.25) is 5.02 Å². The molecule has 2 atom stereocenters. The van der Waals surface area contributed by atoms with Crippen molar-refractivity contribution in [3.63, 3.8) is 0 Å². The van der Waals surface area contributed by atoms with E-state index in [-0.39, 0.29) is 17.6 Å². The Kier molecular flexibility index (Phi) is 6.47. The van der Waals surface area contributed by atoms with Crippen LogP contribution in [0.15, 0.2) is 48.7 Å². The van der Waals surface area contributed by atoms with Crippen molar-refractivity contribution < 1.29 is 13.9 Å². The average molecular weight is 453 g/mol. The SMILES string of the molecule is C/C=C(/C(=O)C1COc2ccc(Cl)cc2C1)c1ccc(-c2cn[nH]c2F)cc1C(C)CC. The molecule has 1 aliphatic heterocycles. The maximum atomic E-state index is 14.1. The molecular weight excluding hydrogens is 427 g/mol. The zero-order valence-corrected chi connectivity index (χ0v) is 19.2. The molecule has 0 amide bonds. The minimum atomic E-state index is -0.466. The summed E-state index contributed by atoms with van der Waals surface area (Å²) in [5.41, 5.74) is 4.68. The smallest absolute Gasteiger partial charge is 0.216 e. The van der Waals surface area contributed by atoms with Gasteiger partial charge in [0, 0.05) is 10.6 Å². The van der Waals surface area contributed by atoms with E-state index >= 15 is 0 Å². The Morgan fingerprint density at radius 2 is 2.16 bits per heavy atom. The van der Waals surface area contributed by atoms with Gasteiger partial charge in [-0.25, -0.2) is 0 Å². The predicted molar refractivity (Wildman–Crippen MR) is 125 cm³/mol. The Balaban J connectivity index is 1.69. The fourth-order valence-electron chi connectivity index (χ4n) is 4.26. The molecule has 2 aromatic carbocycles. The lowest BCUT2D eigenvalue weighted by atomic mass is 9.82. The number of allylic oxidation sites excluding steroid dienone is 2. The van der Waals surface area contributed by atoms with Crippen molar-refractivity contribution >= 4 is 23.0 Å². The molecule has 0 spiro atoms. The van der Waals surface area contributed by atoms with Gasteiger partial charge in [0.1, 0.15) is 5.75 Å². The highest BCUT2D eigenvalue weighted by molar-refractivity contribution is 6.30. The second kappa shape index (κ2) is 9.29. The molecule has 0 saturated carbocycles. The van der Waals surface area contributed by atoms with Crippen LogP contribution < -0.4 is 4.74 Å². The van der Waals surface area contributed by atoms with Crippen LogP contribution >= 0.6 is 11.6 Å². The van der Waals surface area contributed by atoms with E-state index in [2.05, 4.69) is 24.0 Å². The van der Waals surface area contributed by atoms with Gasteiger partial charge in [0.05, 0.1) is 24.3 Å². The molecule has 0 saturated heterocycles. The third kappa shape index (κ3) is 4.22. The number of aromatic nitrogens is 2.